The molecule has 0 spiro atoms. The molecule has 1 unspecified atom stereocenters. The number of alkyl halides is 3. The van der Waals surface area contributed by atoms with Crippen molar-refractivity contribution in [2.45, 2.75) is 23.5 Å². The van der Waals surface area contributed by atoms with E-state index in [0.717, 1.165) is 12.1 Å². The fourth-order valence-corrected chi connectivity index (χ4v) is 5.16. The zero-order valence-corrected chi connectivity index (χ0v) is 18.6. The van der Waals surface area contributed by atoms with Gasteiger partial charge >= 0.3 is 6.18 Å². The molecule has 7 nitrogen and oxygen atoms in total. The molecular formula is C22H25F3N2O5S. The number of rotatable bonds is 9. The van der Waals surface area contributed by atoms with Crippen molar-refractivity contribution in [1.82, 2.24) is 9.96 Å². The number of amides is 1. The van der Waals surface area contributed by atoms with E-state index in [1.807, 2.05) is 0 Å². The first-order valence-electron chi connectivity index (χ1n) is 10.3. The van der Waals surface area contributed by atoms with Gasteiger partial charge in [0.1, 0.15) is 0 Å². The van der Waals surface area contributed by atoms with Crippen LogP contribution in [-0.2, 0) is 25.5 Å². The van der Waals surface area contributed by atoms with E-state index in [9.17, 15) is 31.6 Å². The Balaban J connectivity index is 1.70. The summed E-state index contributed by atoms with van der Waals surface area (Å²) in [7, 11) is -3.85. The van der Waals surface area contributed by atoms with Gasteiger partial charge in [0.05, 0.1) is 35.5 Å². The van der Waals surface area contributed by atoms with Gasteiger partial charge in [0, 0.05) is 19.6 Å². The van der Waals surface area contributed by atoms with Gasteiger partial charge in [-0.2, -0.15) is 13.2 Å². The maximum absolute atomic E-state index is 12.9. The molecule has 0 bridgehead atoms. The molecule has 3 rings (SSSR count). The summed E-state index contributed by atoms with van der Waals surface area (Å²) in [6, 6.07) is 9.40. The van der Waals surface area contributed by atoms with Gasteiger partial charge in [-0.15, -0.1) is 0 Å². The summed E-state index contributed by atoms with van der Waals surface area (Å²) in [6.07, 6.45) is -3.98. The fraction of sp³-hybridized carbons (Fsp3) is 0.409. The molecule has 1 atom stereocenters. The van der Waals surface area contributed by atoms with Crippen molar-refractivity contribution in [2.75, 3.05) is 38.6 Å². The van der Waals surface area contributed by atoms with Crippen LogP contribution in [0.15, 0.2) is 53.4 Å². The molecule has 2 aromatic carbocycles. The number of hydrogen-bond donors (Lipinski definition) is 1. The van der Waals surface area contributed by atoms with Crippen LogP contribution in [0.25, 0.3) is 11.1 Å². The summed E-state index contributed by atoms with van der Waals surface area (Å²) >= 11 is 0. The molecule has 2 aromatic rings. The van der Waals surface area contributed by atoms with E-state index in [1.54, 1.807) is 0 Å². The van der Waals surface area contributed by atoms with E-state index < -0.39 is 33.4 Å². The summed E-state index contributed by atoms with van der Waals surface area (Å²) in [4.78, 5) is 13.1. The highest BCUT2D eigenvalue weighted by Gasteiger charge is 2.30. The highest BCUT2D eigenvalue weighted by atomic mass is 32.2. The molecule has 0 saturated carbocycles. The van der Waals surface area contributed by atoms with Crippen LogP contribution >= 0.6 is 0 Å². The average Bonchev–Trinajstić information content (AvgIpc) is 2.81. The van der Waals surface area contributed by atoms with Gasteiger partial charge < -0.3 is 4.74 Å². The van der Waals surface area contributed by atoms with Crippen molar-refractivity contribution in [1.29, 1.82) is 0 Å². The van der Waals surface area contributed by atoms with Crippen LogP contribution < -0.4 is 0 Å². The molecule has 1 heterocycles. The first-order valence-corrected chi connectivity index (χ1v) is 12.0. The Morgan fingerprint density at radius 3 is 2.09 bits per heavy atom. The lowest BCUT2D eigenvalue weighted by atomic mass is 10.0. The number of nitrogens with zero attached hydrogens (tertiary/aromatic N) is 2. The quantitative estimate of drug-likeness (QED) is 0.333. The summed E-state index contributed by atoms with van der Waals surface area (Å²) in [6.45, 7) is 3.03. The highest BCUT2D eigenvalue weighted by Crippen LogP contribution is 2.31. The van der Waals surface area contributed by atoms with Crippen LogP contribution in [-0.4, -0.2) is 74.6 Å². The van der Waals surface area contributed by atoms with E-state index in [4.69, 9.17) is 4.74 Å². The van der Waals surface area contributed by atoms with Crippen molar-refractivity contribution in [2.24, 2.45) is 0 Å². The standard InChI is InChI=1S/C22H25F3N2O5S/c23-22(24,25)19-5-1-17(2-6-19)18-3-7-21(8-4-18)33(30,31)15-20(27(29)16-28)9-10-26-11-13-32-14-12-26/h1-8,16,20,29H,9-15H2. The third kappa shape index (κ3) is 6.76. The second-order valence-corrected chi connectivity index (χ2v) is 9.80. The van der Waals surface area contributed by atoms with Crippen LogP contribution in [0.2, 0.25) is 0 Å². The Morgan fingerprint density at radius 1 is 1.03 bits per heavy atom. The molecule has 1 aliphatic heterocycles. The minimum Gasteiger partial charge on any atom is -0.379 e. The van der Waals surface area contributed by atoms with Gasteiger partial charge in [0.25, 0.3) is 0 Å². The lowest BCUT2D eigenvalue weighted by Crippen LogP contribution is -2.42. The van der Waals surface area contributed by atoms with Crippen LogP contribution in [0.5, 0.6) is 0 Å². The molecule has 1 fully saturated rings. The molecule has 1 saturated heterocycles. The average molecular weight is 487 g/mol. The van der Waals surface area contributed by atoms with Gasteiger partial charge in [-0.05, 0) is 41.8 Å². The van der Waals surface area contributed by atoms with Crippen molar-refractivity contribution < 1.29 is 36.3 Å². The Morgan fingerprint density at radius 2 is 1.58 bits per heavy atom. The zero-order chi connectivity index (χ0) is 24.1. The second kappa shape index (κ2) is 10.6. The first kappa shape index (κ1) is 25.2. The number of halogens is 3. The van der Waals surface area contributed by atoms with Crippen molar-refractivity contribution in [3.63, 3.8) is 0 Å². The largest absolute Gasteiger partial charge is 0.416 e. The summed E-state index contributed by atoms with van der Waals surface area (Å²) in [5.41, 5.74) is 0.304. The van der Waals surface area contributed by atoms with Crippen molar-refractivity contribution in [3.8, 4) is 11.1 Å². The minimum absolute atomic E-state index is 0.00571. The molecule has 0 aliphatic carbocycles. The Labute approximate surface area is 190 Å². The van der Waals surface area contributed by atoms with Gasteiger partial charge in [0.15, 0.2) is 9.84 Å². The minimum atomic E-state index is -4.43. The summed E-state index contributed by atoms with van der Waals surface area (Å²) in [5.74, 6) is -0.466. The zero-order valence-electron chi connectivity index (χ0n) is 17.7. The maximum Gasteiger partial charge on any atom is 0.416 e. The topological polar surface area (TPSA) is 87.2 Å². The van der Waals surface area contributed by atoms with Gasteiger partial charge in [-0.3, -0.25) is 14.9 Å². The SMILES string of the molecule is O=CN(O)C(CCN1CCOCC1)CS(=O)(=O)c1ccc(-c2ccc(C(F)(F)F)cc2)cc1. The number of morpholine rings is 1. The Bertz CT molecular complexity index is 1020. The summed E-state index contributed by atoms with van der Waals surface area (Å²) in [5, 5.41) is 10.3. The van der Waals surface area contributed by atoms with E-state index >= 15 is 0 Å². The number of hydrogen-bond acceptors (Lipinski definition) is 6. The van der Waals surface area contributed by atoms with Gasteiger partial charge in [0.2, 0.25) is 6.41 Å². The van der Waals surface area contributed by atoms with Crippen LogP contribution in [0, 0.1) is 0 Å². The van der Waals surface area contributed by atoms with Gasteiger partial charge in [-0.1, -0.05) is 24.3 Å². The monoisotopic (exact) mass is 486 g/mol. The molecule has 1 N–H and O–H groups in total. The molecular weight excluding hydrogens is 461 g/mol. The van der Waals surface area contributed by atoms with Crippen molar-refractivity contribution >= 4 is 16.2 Å². The van der Waals surface area contributed by atoms with Gasteiger partial charge in [-0.25, -0.2) is 13.5 Å². The molecule has 0 aromatic heterocycles. The number of ether oxygens (including phenoxy) is 1. The predicted octanol–water partition coefficient (Wildman–Crippen LogP) is 3.08. The van der Waals surface area contributed by atoms with Crippen LogP contribution in [0.3, 0.4) is 0 Å². The Hall–Kier alpha value is -2.47. The van der Waals surface area contributed by atoms with E-state index in [1.165, 1.54) is 36.4 Å². The molecule has 1 aliphatic rings. The smallest absolute Gasteiger partial charge is 0.379 e. The van der Waals surface area contributed by atoms with Crippen LogP contribution in [0.1, 0.15) is 12.0 Å². The van der Waals surface area contributed by atoms with E-state index in [2.05, 4.69) is 4.90 Å². The highest BCUT2D eigenvalue weighted by molar-refractivity contribution is 7.91. The molecule has 11 heteroatoms. The number of carbonyl (C=O) groups excluding carboxylic acids is 1. The number of sulfone groups is 1. The number of benzene rings is 2. The normalized spacial score (nSPS) is 16.4. The number of carbonyl (C=O) groups is 1. The summed E-state index contributed by atoms with van der Waals surface area (Å²) < 4.78 is 69.3. The van der Waals surface area contributed by atoms with Crippen molar-refractivity contribution in [3.05, 3.63) is 54.1 Å². The third-order valence-electron chi connectivity index (χ3n) is 5.54. The molecule has 33 heavy (non-hydrogen) atoms. The third-order valence-corrected chi connectivity index (χ3v) is 7.35. The molecule has 180 valence electrons. The lowest BCUT2D eigenvalue weighted by molar-refractivity contribution is -0.159. The van der Waals surface area contributed by atoms with Crippen LogP contribution in [0.4, 0.5) is 13.2 Å². The number of hydroxylamine groups is 2. The van der Waals surface area contributed by atoms with E-state index in [0.29, 0.717) is 49.0 Å². The fourth-order valence-electron chi connectivity index (χ4n) is 3.59. The van der Waals surface area contributed by atoms with E-state index in [-0.39, 0.29) is 17.7 Å². The predicted molar refractivity (Wildman–Crippen MR) is 114 cm³/mol. The maximum atomic E-state index is 12.9. The first-order chi connectivity index (χ1) is 15.6. The lowest BCUT2D eigenvalue weighted by Gasteiger charge is -2.29. The molecule has 1 amide bonds. The Kier molecular flexibility index (Phi) is 8.11. The molecule has 0 radical (unpaired) electrons. The second-order valence-electron chi connectivity index (χ2n) is 7.76.